The summed E-state index contributed by atoms with van der Waals surface area (Å²) < 4.78 is 21.4. The minimum Gasteiger partial charge on any atom is -0.456 e. The summed E-state index contributed by atoms with van der Waals surface area (Å²) in [6.07, 6.45) is 0. The first-order valence-electron chi connectivity index (χ1n) is 17.8. The van der Waals surface area contributed by atoms with Crippen LogP contribution in [-0.2, 0) is 4.57 Å². The van der Waals surface area contributed by atoms with Crippen LogP contribution in [0.2, 0.25) is 0 Å². The van der Waals surface area contributed by atoms with Gasteiger partial charge in [-0.05, 0) is 58.7 Å². The van der Waals surface area contributed by atoms with E-state index in [1.165, 1.54) is 0 Å². The van der Waals surface area contributed by atoms with Crippen LogP contribution in [0.4, 0.5) is 0 Å². The number of nitrogens with zero attached hydrogens (tertiary/aromatic N) is 1. The van der Waals surface area contributed by atoms with E-state index < -0.39 is 7.14 Å². The number of furan rings is 1. The Bertz CT molecular complexity index is 2960. The quantitative estimate of drug-likeness (QED) is 0.128. The predicted molar refractivity (Wildman–Crippen MR) is 222 cm³/mol. The maximum Gasteiger partial charge on any atom is 0.171 e. The van der Waals surface area contributed by atoms with Gasteiger partial charge in [0, 0.05) is 48.4 Å². The second-order valence-electron chi connectivity index (χ2n) is 13.4. The molecule has 10 aromatic rings. The van der Waals surface area contributed by atoms with Gasteiger partial charge in [0.15, 0.2) is 7.14 Å². The third kappa shape index (κ3) is 5.20. The summed E-state index contributed by atoms with van der Waals surface area (Å²) in [7, 11) is -3.05. The maximum absolute atomic E-state index is 14.9. The average molecular weight is 698 g/mol. The monoisotopic (exact) mass is 697 g/mol. The van der Waals surface area contributed by atoms with Gasteiger partial charge in [-0.15, -0.1) is 0 Å². The van der Waals surface area contributed by atoms with E-state index in [9.17, 15) is 4.57 Å². The number of fused-ring (bicyclic) bond motifs is 7. The van der Waals surface area contributed by atoms with Crippen molar-refractivity contribution in [2.75, 3.05) is 0 Å². The highest BCUT2D eigenvalue weighted by Gasteiger charge is 2.29. The Morgan fingerprint density at radius 3 is 1.64 bits per heavy atom. The Hall–Kier alpha value is -6.54. The van der Waals surface area contributed by atoms with Crippen molar-refractivity contribution < 1.29 is 8.98 Å². The van der Waals surface area contributed by atoms with Crippen molar-refractivity contribution in [2.45, 2.75) is 0 Å². The van der Waals surface area contributed by atoms with Crippen LogP contribution in [0.3, 0.4) is 0 Å². The maximum atomic E-state index is 14.9. The highest BCUT2D eigenvalue weighted by Crippen LogP contribution is 2.44. The molecule has 0 amide bonds. The van der Waals surface area contributed by atoms with Crippen molar-refractivity contribution >= 4 is 66.7 Å². The molecule has 10 rings (SSSR count). The molecule has 2 heterocycles. The Labute approximate surface area is 307 Å². The zero-order valence-corrected chi connectivity index (χ0v) is 29.6. The Kier molecular flexibility index (Phi) is 7.42. The van der Waals surface area contributed by atoms with Crippen molar-refractivity contribution in [3.63, 3.8) is 0 Å². The van der Waals surface area contributed by atoms with Gasteiger partial charge < -0.3 is 8.98 Å². The standard InChI is InChI=1S/C49H32NO2P/c51-53(38-17-6-2-7-18-38,39-19-8-3-9-20-39)40-26-23-33(24-27-40)35-15-12-16-36(31-35)37-25-29-45-43(32-37)48-46(52-45)30-28-42-47(48)41-21-10-11-22-44(41)50-49(42)34-13-4-1-5-14-34/h1-32H. The van der Waals surface area contributed by atoms with E-state index in [2.05, 4.69) is 109 Å². The van der Waals surface area contributed by atoms with E-state index >= 15 is 0 Å². The van der Waals surface area contributed by atoms with Gasteiger partial charge in [-0.25, -0.2) is 4.98 Å². The van der Waals surface area contributed by atoms with E-state index in [-0.39, 0.29) is 0 Å². The van der Waals surface area contributed by atoms with Crippen LogP contribution in [0.15, 0.2) is 199 Å². The van der Waals surface area contributed by atoms with Gasteiger partial charge >= 0.3 is 0 Å². The first kappa shape index (κ1) is 31.2. The number of hydrogen-bond donors (Lipinski definition) is 0. The lowest BCUT2D eigenvalue weighted by molar-refractivity contribution is 0.592. The summed E-state index contributed by atoms with van der Waals surface area (Å²) in [5.41, 5.74) is 9.10. The molecular weight excluding hydrogens is 666 g/mol. The number of pyridine rings is 1. The summed E-state index contributed by atoms with van der Waals surface area (Å²) >= 11 is 0. The van der Waals surface area contributed by atoms with E-state index in [1.807, 2.05) is 84.9 Å². The fourth-order valence-corrected chi connectivity index (χ4v) is 10.4. The van der Waals surface area contributed by atoms with Crippen molar-refractivity contribution in [3.8, 4) is 33.5 Å². The molecule has 0 aliphatic rings. The van der Waals surface area contributed by atoms with Crippen LogP contribution >= 0.6 is 7.14 Å². The number of rotatable bonds is 6. The molecule has 0 saturated heterocycles. The zero-order chi connectivity index (χ0) is 35.4. The average Bonchev–Trinajstić information content (AvgIpc) is 3.62. The molecule has 0 unspecified atom stereocenters. The lowest BCUT2D eigenvalue weighted by Gasteiger charge is -2.20. The minimum absolute atomic E-state index is 0.817. The SMILES string of the molecule is O=P(c1ccccc1)(c1ccccc1)c1ccc(-c2cccc(-c3ccc4oc5ccc6c(-c7ccccc7)nc7ccccc7c6c5c4c3)c2)cc1. The van der Waals surface area contributed by atoms with Crippen molar-refractivity contribution in [1.29, 1.82) is 0 Å². The fourth-order valence-electron chi connectivity index (χ4n) is 7.77. The lowest BCUT2D eigenvalue weighted by Crippen LogP contribution is -2.24. The first-order chi connectivity index (χ1) is 26.1. The fraction of sp³-hybridized carbons (Fsp3) is 0. The largest absolute Gasteiger partial charge is 0.456 e. The predicted octanol–water partition coefficient (Wildman–Crippen LogP) is 11.9. The number of para-hydroxylation sites is 1. The molecule has 3 nitrogen and oxygen atoms in total. The van der Waals surface area contributed by atoms with Gasteiger partial charge in [0.25, 0.3) is 0 Å². The molecule has 0 spiro atoms. The molecule has 0 saturated carbocycles. The summed E-state index contributed by atoms with van der Waals surface area (Å²) in [5, 5.41) is 8.01. The van der Waals surface area contributed by atoms with E-state index in [1.54, 1.807) is 0 Å². The second kappa shape index (κ2) is 12.6. The van der Waals surface area contributed by atoms with Crippen LogP contribution in [0, 0.1) is 0 Å². The molecule has 0 aliphatic carbocycles. The molecule has 0 bridgehead atoms. The van der Waals surface area contributed by atoms with E-state index in [4.69, 9.17) is 9.40 Å². The van der Waals surface area contributed by atoms with E-state index in [0.29, 0.717) is 0 Å². The Morgan fingerprint density at radius 1 is 0.377 bits per heavy atom. The van der Waals surface area contributed by atoms with Crippen molar-refractivity contribution in [3.05, 3.63) is 194 Å². The molecule has 0 aliphatic heterocycles. The van der Waals surface area contributed by atoms with Crippen LogP contribution in [0.1, 0.15) is 0 Å². The third-order valence-corrected chi connectivity index (χ3v) is 13.4. The van der Waals surface area contributed by atoms with Crippen molar-refractivity contribution in [2.24, 2.45) is 0 Å². The summed E-state index contributed by atoms with van der Waals surface area (Å²) in [5.74, 6) is 0. The van der Waals surface area contributed by atoms with E-state index in [0.717, 1.165) is 93.0 Å². The molecule has 2 aromatic heterocycles. The first-order valence-corrected chi connectivity index (χ1v) is 19.5. The molecule has 0 radical (unpaired) electrons. The van der Waals surface area contributed by atoms with Crippen molar-refractivity contribution in [1.82, 2.24) is 4.98 Å². The third-order valence-electron chi connectivity index (χ3n) is 10.3. The summed E-state index contributed by atoms with van der Waals surface area (Å²) in [6, 6.07) is 66.0. The Morgan fingerprint density at radius 2 is 0.925 bits per heavy atom. The molecular formula is C49H32NO2P. The van der Waals surface area contributed by atoms with Gasteiger partial charge in [0.1, 0.15) is 11.2 Å². The topological polar surface area (TPSA) is 43.1 Å². The highest BCUT2D eigenvalue weighted by molar-refractivity contribution is 7.85. The molecule has 0 N–H and O–H groups in total. The minimum atomic E-state index is -3.05. The molecule has 0 atom stereocenters. The smallest absolute Gasteiger partial charge is 0.171 e. The molecule has 8 aromatic carbocycles. The van der Waals surface area contributed by atoms with Gasteiger partial charge in [-0.2, -0.15) is 0 Å². The summed E-state index contributed by atoms with van der Waals surface area (Å²) in [4.78, 5) is 5.15. The highest BCUT2D eigenvalue weighted by atomic mass is 31.2. The number of aromatic nitrogens is 1. The molecule has 250 valence electrons. The van der Waals surface area contributed by atoms with Crippen LogP contribution in [-0.4, -0.2) is 4.98 Å². The van der Waals surface area contributed by atoms with Gasteiger partial charge in [-0.3, -0.25) is 0 Å². The zero-order valence-electron chi connectivity index (χ0n) is 28.7. The van der Waals surface area contributed by atoms with Crippen LogP contribution in [0.5, 0.6) is 0 Å². The normalized spacial score (nSPS) is 11.8. The number of hydrogen-bond acceptors (Lipinski definition) is 3. The second-order valence-corrected chi connectivity index (χ2v) is 16.2. The van der Waals surface area contributed by atoms with Crippen LogP contribution in [0.25, 0.3) is 77.1 Å². The van der Waals surface area contributed by atoms with Gasteiger partial charge in [0.05, 0.1) is 11.2 Å². The molecule has 53 heavy (non-hydrogen) atoms. The van der Waals surface area contributed by atoms with Gasteiger partial charge in [0.2, 0.25) is 0 Å². The number of benzene rings is 8. The summed E-state index contributed by atoms with van der Waals surface area (Å²) in [6.45, 7) is 0. The molecule has 4 heteroatoms. The molecule has 0 fully saturated rings. The van der Waals surface area contributed by atoms with Gasteiger partial charge in [-0.1, -0.05) is 158 Å². The van der Waals surface area contributed by atoms with Crippen LogP contribution < -0.4 is 15.9 Å². The Balaban J connectivity index is 1.09. The lowest BCUT2D eigenvalue weighted by atomic mass is 9.94.